The molecule has 0 unspecified atom stereocenters. The van der Waals surface area contributed by atoms with Gasteiger partial charge in [-0.1, -0.05) is 66.4 Å². The zero-order chi connectivity index (χ0) is 31.4. The predicted molar refractivity (Wildman–Crippen MR) is 159 cm³/mol. The summed E-state index contributed by atoms with van der Waals surface area (Å²) in [4.78, 5) is 28.4. The van der Waals surface area contributed by atoms with Crippen molar-refractivity contribution >= 4 is 27.5 Å². The van der Waals surface area contributed by atoms with Crippen LogP contribution in [0.15, 0.2) is 77.7 Å². The molecule has 0 heterocycles. The molecule has 1 aliphatic carbocycles. The minimum absolute atomic E-state index is 0.000771. The van der Waals surface area contributed by atoms with Crippen LogP contribution in [0.4, 0.5) is 18.9 Å². The molecule has 0 bridgehead atoms. The van der Waals surface area contributed by atoms with Crippen LogP contribution in [-0.4, -0.2) is 43.8 Å². The first-order chi connectivity index (χ1) is 20.3. The Bertz CT molecular complexity index is 1550. The number of rotatable bonds is 10. The van der Waals surface area contributed by atoms with E-state index in [9.17, 15) is 31.2 Å². The molecule has 0 radical (unpaired) electrons. The van der Waals surface area contributed by atoms with Gasteiger partial charge in [0.15, 0.2) is 0 Å². The zero-order valence-corrected chi connectivity index (χ0v) is 25.2. The Balaban J connectivity index is 1.73. The van der Waals surface area contributed by atoms with Crippen LogP contribution >= 0.6 is 0 Å². The molecule has 11 heteroatoms. The van der Waals surface area contributed by atoms with Crippen molar-refractivity contribution in [1.29, 1.82) is 0 Å². The van der Waals surface area contributed by atoms with E-state index in [1.54, 1.807) is 32.0 Å². The maximum atomic E-state index is 14.0. The highest BCUT2D eigenvalue weighted by molar-refractivity contribution is 7.92. The Hall–Kier alpha value is -3.86. The molecule has 0 spiro atoms. The molecule has 3 aromatic rings. The molecule has 3 aromatic carbocycles. The van der Waals surface area contributed by atoms with Crippen molar-refractivity contribution in [3.63, 3.8) is 0 Å². The molecule has 230 valence electrons. The highest BCUT2D eigenvalue weighted by atomic mass is 32.2. The van der Waals surface area contributed by atoms with Gasteiger partial charge in [-0.15, -0.1) is 0 Å². The fraction of sp³-hybridized carbons (Fsp3) is 0.375. The largest absolute Gasteiger partial charge is 0.416 e. The van der Waals surface area contributed by atoms with Crippen molar-refractivity contribution in [1.82, 2.24) is 10.2 Å². The monoisotopic (exact) mass is 615 g/mol. The first kappa shape index (κ1) is 32.1. The maximum absolute atomic E-state index is 14.0. The summed E-state index contributed by atoms with van der Waals surface area (Å²) in [6, 6.07) is 16.1. The van der Waals surface area contributed by atoms with Crippen LogP contribution in [0, 0.1) is 13.8 Å². The molecular weight excluding hydrogens is 579 g/mol. The molecule has 1 fully saturated rings. The summed E-state index contributed by atoms with van der Waals surface area (Å²) in [5.41, 5.74) is 1.07. The molecular formula is C32H36F3N3O4S. The Morgan fingerprint density at radius 1 is 0.930 bits per heavy atom. The van der Waals surface area contributed by atoms with Crippen LogP contribution in [-0.2, 0) is 32.3 Å². The van der Waals surface area contributed by atoms with Crippen molar-refractivity contribution in [3.05, 3.63) is 95.1 Å². The molecule has 4 rings (SSSR count). The number of carbonyl (C=O) groups excluding carboxylic acids is 2. The fourth-order valence-electron chi connectivity index (χ4n) is 5.19. The molecule has 43 heavy (non-hydrogen) atoms. The number of alkyl halides is 3. The number of nitrogens with one attached hydrogen (secondary N) is 1. The molecule has 1 N–H and O–H groups in total. The second kappa shape index (κ2) is 13.2. The molecule has 1 saturated carbocycles. The normalized spacial score (nSPS) is 14.7. The number of sulfonamides is 1. The summed E-state index contributed by atoms with van der Waals surface area (Å²) in [5.74, 6) is -1.11. The quantitative estimate of drug-likeness (QED) is 0.304. The Labute approximate surface area is 250 Å². The molecule has 1 aliphatic rings. The predicted octanol–water partition coefficient (Wildman–Crippen LogP) is 5.99. The topological polar surface area (TPSA) is 86.8 Å². The lowest BCUT2D eigenvalue weighted by Gasteiger charge is -2.32. The van der Waals surface area contributed by atoms with Gasteiger partial charge in [-0.05, 0) is 69.5 Å². The van der Waals surface area contributed by atoms with E-state index in [1.165, 1.54) is 23.1 Å². The van der Waals surface area contributed by atoms with Crippen molar-refractivity contribution in [3.8, 4) is 0 Å². The molecule has 7 nitrogen and oxygen atoms in total. The number of hydrogen-bond donors (Lipinski definition) is 1. The number of benzene rings is 3. The van der Waals surface area contributed by atoms with Gasteiger partial charge in [-0.25, -0.2) is 8.42 Å². The third kappa shape index (κ3) is 7.95. The van der Waals surface area contributed by atoms with E-state index in [0.717, 1.165) is 54.5 Å². The SMILES string of the molecule is Cc1ccc(S(=O)(=O)N(CC(=O)N(Cc2cccc(C)c2)[C@H](C)C(=O)NC2CCCC2)c2cccc(C(F)(F)F)c2)cc1. The van der Waals surface area contributed by atoms with E-state index in [1.807, 2.05) is 25.1 Å². The molecule has 0 aromatic heterocycles. The lowest BCUT2D eigenvalue weighted by Crippen LogP contribution is -2.52. The summed E-state index contributed by atoms with van der Waals surface area (Å²) in [6.45, 7) is 4.41. The van der Waals surface area contributed by atoms with Crippen molar-refractivity contribution < 1.29 is 31.2 Å². The third-order valence-corrected chi connectivity index (χ3v) is 9.44. The lowest BCUT2D eigenvalue weighted by atomic mass is 10.1. The first-order valence-electron chi connectivity index (χ1n) is 14.2. The van der Waals surface area contributed by atoms with E-state index in [2.05, 4.69) is 5.32 Å². The van der Waals surface area contributed by atoms with Crippen LogP contribution in [0.25, 0.3) is 0 Å². The van der Waals surface area contributed by atoms with Gasteiger partial charge in [0.25, 0.3) is 10.0 Å². The summed E-state index contributed by atoms with van der Waals surface area (Å²) >= 11 is 0. The van der Waals surface area contributed by atoms with Gasteiger partial charge >= 0.3 is 6.18 Å². The van der Waals surface area contributed by atoms with Gasteiger partial charge in [0.1, 0.15) is 12.6 Å². The van der Waals surface area contributed by atoms with Crippen molar-refractivity contribution in [2.24, 2.45) is 0 Å². The van der Waals surface area contributed by atoms with Gasteiger partial charge in [0.2, 0.25) is 11.8 Å². The second-order valence-corrected chi connectivity index (χ2v) is 12.9. The van der Waals surface area contributed by atoms with Gasteiger partial charge in [-0.3, -0.25) is 13.9 Å². The van der Waals surface area contributed by atoms with Crippen LogP contribution in [0.2, 0.25) is 0 Å². The smallest absolute Gasteiger partial charge is 0.352 e. The number of halogens is 3. The van der Waals surface area contributed by atoms with E-state index < -0.39 is 40.3 Å². The average molecular weight is 616 g/mol. The summed E-state index contributed by atoms with van der Waals surface area (Å²) in [7, 11) is -4.49. The fourth-order valence-corrected chi connectivity index (χ4v) is 6.59. The average Bonchev–Trinajstić information content (AvgIpc) is 3.47. The highest BCUT2D eigenvalue weighted by Gasteiger charge is 2.35. The molecule has 2 amide bonds. The number of amides is 2. The molecule has 0 aliphatic heterocycles. The van der Waals surface area contributed by atoms with E-state index in [-0.39, 0.29) is 29.1 Å². The molecule has 0 saturated heterocycles. The van der Waals surface area contributed by atoms with Crippen LogP contribution in [0.5, 0.6) is 0 Å². The minimum Gasteiger partial charge on any atom is -0.352 e. The van der Waals surface area contributed by atoms with E-state index >= 15 is 0 Å². The highest BCUT2D eigenvalue weighted by Crippen LogP contribution is 2.33. The van der Waals surface area contributed by atoms with Crippen molar-refractivity contribution in [2.45, 2.75) is 76.2 Å². The summed E-state index contributed by atoms with van der Waals surface area (Å²) in [6.07, 6.45) is -1.07. The van der Waals surface area contributed by atoms with Gasteiger partial charge < -0.3 is 10.2 Å². The van der Waals surface area contributed by atoms with Gasteiger partial charge in [0, 0.05) is 12.6 Å². The van der Waals surface area contributed by atoms with Crippen LogP contribution < -0.4 is 9.62 Å². The van der Waals surface area contributed by atoms with E-state index in [0.29, 0.717) is 10.4 Å². The Morgan fingerprint density at radius 2 is 1.58 bits per heavy atom. The zero-order valence-electron chi connectivity index (χ0n) is 24.4. The first-order valence-corrected chi connectivity index (χ1v) is 15.6. The number of carbonyl (C=O) groups is 2. The lowest BCUT2D eigenvalue weighted by molar-refractivity contribution is -0.139. The number of nitrogens with zero attached hydrogens (tertiary/aromatic N) is 2. The molecule has 1 atom stereocenters. The second-order valence-electron chi connectivity index (χ2n) is 11.0. The Kier molecular flexibility index (Phi) is 9.84. The van der Waals surface area contributed by atoms with Gasteiger partial charge in [-0.2, -0.15) is 13.2 Å². The van der Waals surface area contributed by atoms with Crippen LogP contribution in [0.3, 0.4) is 0 Å². The van der Waals surface area contributed by atoms with Gasteiger partial charge in [0.05, 0.1) is 16.1 Å². The number of anilines is 1. The number of aryl methyl sites for hydroxylation is 2. The minimum atomic E-state index is -4.73. The third-order valence-electron chi connectivity index (χ3n) is 7.65. The van der Waals surface area contributed by atoms with Crippen LogP contribution in [0.1, 0.15) is 54.9 Å². The standard InChI is InChI=1S/C32H36F3N3O4S/c1-22-14-16-29(17-15-22)43(41,42)38(28-13-7-10-26(19-28)32(33,34)35)21-30(39)37(20-25-9-6-8-23(2)18-25)24(3)31(40)36-27-11-4-5-12-27/h6-10,13-19,24,27H,4-5,11-12,20-21H2,1-3H3,(H,36,40)/t24-/m1/s1. The maximum Gasteiger partial charge on any atom is 0.416 e. The van der Waals surface area contributed by atoms with E-state index in [4.69, 9.17) is 0 Å². The van der Waals surface area contributed by atoms with Crippen molar-refractivity contribution in [2.75, 3.05) is 10.8 Å². The Morgan fingerprint density at radius 3 is 2.21 bits per heavy atom. The summed E-state index contributed by atoms with van der Waals surface area (Å²) < 4.78 is 69.4. The number of hydrogen-bond acceptors (Lipinski definition) is 4. The summed E-state index contributed by atoms with van der Waals surface area (Å²) in [5, 5.41) is 2.99.